The number of halogens is 1. The number of likely N-dealkylation sites (N-methyl/N-ethyl adjacent to an activating group) is 1. The lowest BCUT2D eigenvalue weighted by Crippen LogP contribution is -2.50. The topological polar surface area (TPSA) is 53.1 Å². The van der Waals surface area contributed by atoms with Crippen LogP contribution in [-0.2, 0) is 23.1 Å². The Morgan fingerprint density at radius 2 is 1.84 bits per heavy atom. The van der Waals surface area contributed by atoms with E-state index in [1.165, 1.54) is 11.1 Å². The second-order valence-electron chi connectivity index (χ2n) is 9.04. The molecule has 6 nitrogen and oxygen atoms in total. The van der Waals surface area contributed by atoms with Crippen LogP contribution in [0.3, 0.4) is 0 Å². The zero-order valence-corrected chi connectivity index (χ0v) is 21.8. The summed E-state index contributed by atoms with van der Waals surface area (Å²) in [5.74, 6) is 3.44. The van der Waals surface area contributed by atoms with Gasteiger partial charge in [-0.05, 0) is 55.8 Å². The van der Waals surface area contributed by atoms with E-state index in [9.17, 15) is 8.42 Å². The molecule has 0 aromatic heterocycles. The molecule has 0 spiro atoms. The fraction of sp³-hybridized carbons (Fsp3) is 0.739. The van der Waals surface area contributed by atoms with E-state index in [-0.39, 0.29) is 12.4 Å². The molecule has 3 aliphatic heterocycles. The van der Waals surface area contributed by atoms with Gasteiger partial charge in [0, 0.05) is 56.7 Å². The number of fused-ring (bicyclic) bond motifs is 1. The van der Waals surface area contributed by atoms with Gasteiger partial charge in [-0.25, -0.2) is 0 Å². The van der Waals surface area contributed by atoms with Crippen LogP contribution in [0.5, 0.6) is 5.75 Å². The first-order valence-electron chi connectivity index (χ1n) is 11.8. The molecule has 3 aliphatic rings. The van der Waals surface area contributed by atoms with E-state index in [1.54, 1.807) is 8.61 Å². The Bertz CT molecular complexity index is 841. The van der Waals surface area contributed by atoms with Crippen LogP contribution in [0.2, 0.25) is 0 Å². The number of piperidine rings is 1. The second-order valence-corrected chi connectivity index (χ2v) is 12.2. The summed E-state index contributed by atoms with van der Waals surface area (Å²) in [6.45, 7) is 10.1. The van der Waals surface area contributed by atoms with Crippen molar-refractivity contribution in [3.05, 3.63) is 29.3 Å². The predicted molar refractivity (Wildman–Crippen MR) is 135 cm³/mol. The summed E-state index contributed by atoms with van der Waals surface area (Å²) in [7, 11) is -3.28. The Labute approximate surface area is 204 Å². The fourth-order valence-electron chi connectivity index (χ4n) is 5.05. The van der Waals surface area contributed by atoms with Crippen molar-refractivity contribution in [3.63, 3.8) is 0 Å². The van der Waals surface area contributed by atoms with Crippen molar-refractivity contribution in [2.24, 2.45) is 5.92 Å². The van der Waals surface area contributed by atoms with Gasteiger partial charge in [0.25, 0.3) is 10.2 Å². The predicted octanol–water partition coefficient (Wildman–Crippen LogP) is 3.30. The van der Waals surface area contributed by atoms with Crippen molar-refractivity contribution in [1.29, 1.82) is 0 Å². The highest BCUT2D eigenvalue weighted by Gasteiger charge is 2.34. The van der Waals surface area contributed by atoms with Crippen molar-refractivity contribution < 1.29 is 13.2 Å². The maximum atomic E-state index is 12.9. The summed E-state index contributed by atoms with van der Waals surface area (Å²) in [6, 6.07) is 7.11. The van der Waals surface area contributed by atoms with Gasteiger partial charge in [-0.15, -0.1) is 12.4 Å². The SMILES string of the molecule is CCN(CC1CCN(S(=O)(=O)N2CCSCC2)CC1)C(C)Cc1ccc2c(c1)CCO2.Cl. The summed E-state index contributed by atoms with van der Waals surface area (Å²) in [5.41, 5.74) is 2.73. The minimum Gasteiger partial charge on any atom is -0.493 e. The third-order valence-corrected chi connectivity index (χ3v) is 9.98. The standard InChI is InChI=1S/C23H37N3O3S2.ClH/c1-3-24(19(2)16-21-4-5-23-22(17-21)8-13-29-23)18-20-6-9-25(10-7-20)31(27,28)26-11-14-30-15-12-26;/h4-5,17,19-20H,3,6-16,18H2,1-2H3;1H. The Morgan fingerprint density at radius 3 is 2.53 bits per heavy atom. The van der Waals surface area contributed by atoms with Crippen LogP contribution in [0.15, 0.2) is 18.2 Å². The van der Waals surface area contributed by atoms with Gasteiger partial charge < -0.3 is 9.64 Å². The van der Waals surface area contributed by atoms with Gasteiger partial charge >= 0.3 is 0 Å². The fourth-order valence-corrected chi connectivity index (χ4v) is 7.83. The Balaban J connectivity index is 0.00000289. The lowest BCUT2D eigenvalue weighted by atomic mass is 9.96. The van der Waals surface area contributed by atoms with Crippen molar-refractivity contribution in [2.75, 3.05) is 57.4 Å². The molecule has 2 saturated heterocycles. The Kier molecular flexibility index (Phi) is 9.59. The van der Waals surface area contributed by atoms with Crippen LogP contribution in [0.4, 0.5) is 0 Å². The summed E-state index contributed by atoms with van der Waals surface area (Å²) < 4.78 is 34.9. The monoisotopic (exact) mass is 503 g/mol. The largest absolute Gasteiger partial charge is 0.493 e. The molecule has 4 rings (SSSR count). The van der Waals surface area contributed by atoms with Gasteiger partial charge in [0.05, 0.1) is 6.61 Å². The number of nitrogens with zero attached hydrogens (tertiary/aromatic N) is 3. The molecular formula is C23H38ClN3O3S2. The van der Waals surface area contributed by atoms with Crippen LogP contribution in [0.1, 0.15) is 37.8 Å². The van der Waals surface area contributed by atoms with Gasteiger partial charge in [0.2, 0.25) is 0 Å². The summed E-state index contributed by atoms with van der Waals surface area (Å²) >= 11 is 1.84. The van der Waals surface area contributed by atoms with Gasteiger partial charge in [-0.1, -0.05) is 19.1 Å². The molecule has 3 heterocycles. The highest BCUT2D eigenvalue weighted by molar-refractivity contribution is 7.99. The van der Waals surface area contributed by atoms with Gasteiger partial charge in [-0.2, -0.15) is 28.8 Å². The Morgan fingerprint density at radius 1 is 1.16 bits per heavy atom. The molecule has 0 saturated carbocycles. The van der Waals surface area contributed by atoms with Gasteiger partial charge in [0.1, 0.15) is 5.75 Å². The summed E-state index contributed by atoms with van der Waals surface area (Å²) in [5, 5.41) is 0. The average molecular weight is 504 g/mol. The van der Waals surface area contributed by atoms with Crippen LogP contribution in [0, 0.1) is 5.92 Å². The third-order valence-electron chi connectivity index (χ3n) is 7.00. The maximum Gasteiger partial charge on any atom is 0.282 e. The molecule has 0 N–H and O–H groups in total. The number of rotatable bonds is 8. The molecule has 2 fully saturated rings. The van der Waals surface area contributed by atoms with Crippen LogP contribution in [0.25, 0.3) is 0 Å². The molecule has 1 unspecified atom stereocenters. The van der Waals surface area contributed by atoms with E-state index in [1.807, 2.05) is 11.8 Å². The molecule has 0 bridgehead atoms. The highest BCUT2D eigenvalue weighted by Crippen LogP contribution is 2.28. The molecule has 9 heteroatoms. The quantitative estimate of drug-likeness (QED) is 0.544. The minimum absolute atomic E-state index is 0. The molecule has 1 atom stereocenters. The van der Waals surface area contributed by atoms with Crippen LogP contribution >= 0.6 is 24.2 Å². The molecular weight excluding hydrogens is 466 g/mol. The lowest BCUT2D eigenvalue weighted by molar-refractivity contribution is 0.150. The minimum atomic E-state index is -3.28. The normalized spacial score (nSPS) is 21.7. The Hall–Kier alpha value is -0.510. The van der Waals surface area contributed by atoms with Crippen molar-refractivity contribution in [2.45, 2.75) is 45.6 Å². The second kappa shape index (κ2) is 11.8. The molecule has 182 valence electrons. The molecule has 1 aromatic rings. The molecule has 0 aliphatic carbocycles. The maximum absolute atomic E-state index is 12.9. The van der Waals surface area contributed by atoms with Crippen molar-refractivity contribution in [1.82, 2.24) is 13.5 Å². The number of hydrogen-bond donors (Lipinski definition) is 0. The van der Waals surface area contributed by atoms with E-state index in [0.717, 1.165) is 62.6 Å². The van der Waals surface area contributed by atoms with E-state index >= 15 is 0 Å². The molecule has 32 heavy (non-hydrogen) atoms. The number of benzene rings is 1. The highest BCUT2D eigenvalue weighted by atomic mass is 35.5. The van der Waals surface area contributed by atoms with Crippen molar-refractivity contribution in [3.8, 4) is 5.75 Å². The number of ether oxygens (including phenoxy) is 1. The first-order valence-corrected chi connectivity index (χ1v) is 14.3. The first-order chi connectivity index (χ1) is 15.0. The van der Waals surface area contributed by atoms with E-state index in [4.69, 9.17) is 4.74 Å². The molecule has 1 aromatic carbocycles. The number of hydrogen-bond acceptors (Lipinski definition) is 5. The van der Waals surface area contributed by atoms with Gasteiger partial charge in [-0.3, -0.25) is 0 Å². The average Bonchev–Trinajstić information content (AvgIpc) is 3.26. The summed E-state index contributed by atoms with van der Waals surface area (Å²) in [6.07, 6.45) is 3.98. The number of thioether (sulfide) groups is 1. The zero-order chi connectivity index (χ0) is 21.8. The lowest BCUT2D eigenvalue weighted by Gasteiger charge is -2.38. The van der Waals surface area contributed by atoms with E-state index in [2.05, 4.69) is 36.9 Å². The van der Waals surface area contributed by atoms with Gasteiger partial charge in [0.15, 0.2) is 0 Å². The van der Waals surface area contributed by atoms with Crippen LogP contribution < -0.4 is 4.74 Å². The summed E-state index contributed by atoms with van der Waals surface area (Å²) in [4.78, 5) is 2.57. The van der Waals surface area contributed by atoms with E-state index < -0.39 is 10.2 Å². The third kappa shape index (κ3) is 6.13. The van der Waals surface area contributed by atoms with Crippen LogP contribution in [-0.4, -0.2) is 85.4 Å². The smallest absolute Gasteiger partial charge is 0.282 e. The first kappa shape index (κ1) is 26.1. The van der Waals surface area contributed by atoms with E-state index in [0.29, 0.717) is 38.1 Å². The molecule has 0 amide bonds. The zero-order valence-electron chi connectivity index (χ0n) is 19.4. The molecule has 0 radical (unpaired) electrons. The van der Waals surface area contributed by atoms with Crippen molar-refractivity contribution >= 4 is 34.4 Å².